The van der Waals surface area contributed by atoms with E-state index in [1.54, 1.807) is 50.2 Å². The molecule has 3 aromatic carbocycles. The lowest BCUT2D eigenvalue weighted by atomic mass is 10.1. The molecular formula is C25H23NO6S. The highest BCUT2D eigenvalue weighted by Crippen LogP contribution is 2.27. The van der Waals surface area contributed by atoms with Gasteiger partial charge in [-0.1, -0.05) is 49.7 Å². The maximum absolute atomic E-state index is 12.9. The largest absolute Gasteiger partial charge is 0.425 e. The van der Waals surface area contributed by atoms with Crippen molar-refractivity contribution in [2.45, 2.75) is 31.7 Å². The quantitative estimate of drug-likeness (QED) is 0.199. The van der Waals surface area contributed by atoms with Crippen LogP contribution in [0.2, 0.25) is 0 Å². The molecule has 1 N–H and O–H groups in total. The number of fused-ring (bicyclic) bond motifs is 3. The third-order valence-electron chi connectivity index (χ3n) is 5.35. The van der Waals surface area contributed by atoms with Gasteiger partial charge in [-0.15, -0.1) is 0 Å². The van der Waals surface area contributed by atoms with Gasteiger partial charge in [0.1, 0.15) is 17.4 Å². The lowest BCUT2D eigenvalue weighted by Crippen LogP contribution is -2.46. The summed E-state index contributed by atoms with van der Waals surface area (Å²) in [5.74, 6) is -0.991. The molecule has 0 bridgehead atoms. The Morgan fingerprint density at radius 2 is 1.61 bits per heavy atom. The van der Waals surface area contributed by atoms with Crippen LogP contribution in [0.15, 0.2) is 80.8 Å². The number of esters is 1. The number of nitrogens with one attached hydrogen (secondary N) is 1. The smallest absolute Gasteiger partial charge is 0.344 e. The van der Waals surface area contributed by atoms with E-state index in [1.165, 1.54) is 18.2 Å². The Morgan fingerprint density at radius 3 is 2.27 bits per heavy atom. The van der Waals surface area contributed by atoms with Crippen molar-refractivity contribution >= 4 is 37.7 Å². The highest BCUT2D eigenvalue weighted by molar-refractivity contribution is 7.89. The molecule has 0 radical (unpaired) electrons. The first kappa shape index (κ1) is 22.7. The summed E-state index contributed by atoms with van der Waals surface area (Å²) >= 11 is 0. The average molecular weight is 466 g/mol. The van der Waals surface area contributed by atoms with Crippen LogP contribution in [0.3, 0.4) is 0 Å². The zero-order chi connectivity index (χ0) is 23.8. The van der Waals surface area contributed by atoms with Crippen LogP contribution < -0.4 is 15.1 Å². The molecule has 0 saturated carbocycles. The van der Waals surface area contributed by atoms with Gasteiger partial charge in [0.25, 0.3) is 0 Å². The van der Waals surface area contributed by atoms with Gasteiger partial charge in [0.15, 0.2) is 0 Å². The number of hydrogen-bond acceptors (Lipinski definition) is 6. The summed E-state index contributed by atoms with van der Waals surface area (Å²) in [6.07, 6.45) is 0. The molecule has 0 fully saturated rings. The number of benzene rings is 3. The third-order valence-corrected chi connectivity index (χ3v) is 6.80. The SMILES string of the molecule is Cc1ccc(S(=O)(=O)N[C@@H](C(=O)Oc2ccc3c(c2)oc(=O)c2ccccc23)C(C)C)cc1. The van der Waals surface area contributed by atoms with Gasteiger partial charge in [0.2, 0.25) is 10.0 Å². The number of carbonyl (C=O) groups excluding carboxylic acids is 1. The first-order chi connectivity index (χ1) is 15.7. The lowest BCUT2D eigenvalue weighted by molar-refractivity contribution is -0.137. The molecule has 1 atom stereocenters. The molecule has 4 rings (SSSR count). The molecule has 0 aliphatic rings. The van der Waals surface area contributed by atoms with Crippen molar-refractivity contribution in [3.05, 3.63) is 82.7 Å². The summed E-state index contributed by atoms with van der Waals surface area (Å²) in [5.41, 5.74) is 0.697. The monoisotopic (exact) mass is 465 g/mol. The van der Waals surface area contributed by atoms with Crippen molar-refractivity contribution in [3.63, 3.8) is 0 Å². The van der Waals surface area contributed by atoms with E-state index in [0.717, 1.165) is 10.9 Å². The molecule has 1 aromatic heterocycles. The van der Waals surface area contributed by atoms with Crippen LogP contribution in [0.1, 0.15) is 19.4 Å². The Bertz CT molecular complexity index is 1500. The fraction of sp³-hybridized carbons (Fsp3) is 0.200. The van der Waals surface area contributed by atoms with E-state index in [2.05, 4.69) is 4.72 Å². The van der Waals surface area contributed by atoms with Gasteiger partial charge in [0, 0.05) is 11.5 Å². The minimum absolute atomic E-state index is 0.0610. The first-order valence-electron chi connectivity index (χ1n) is 10.4. The number of carbonyl (C=O) groups is 1. The molecule has 8 heteroatoms. The van der Waals surface area contributed by atoms with E-state index in [-0.39, 0.29) is 22.1 Å². The fourth-order valence-corrected chi connectivity index (χ4v) is 4.85. The van der Waals surface area contributed by atoms with Crippen molar-refractivity contribution in [2.75, 3.05) is 0 Å². The zero-order valence-corrected chi connectivity index (χ0v) is 19.2. The summed E-state index contributed by atoms with van der Waals surface area (Å²) < 4.78 is 38.9. The predicted octanol–water partition coefficient (Wildman–Crippen LogP) is 4.16. The number of rotatable bonds is 6. The predicted molar refractivity (Wildman–Crippen MR) is 126 cm³/mol. The molecule has 170 valence electrons. The van der Waals surface area contributed by atoms with Gasteiger partial charge in [-0.25, -0.2) is 18.0 Å². The summed E-state index contributed by atoms with van der Waals surface area (Å²) in [4.78, 5) is 25.2. The van der Waals surface area contributed by atoms with E-state index in [9.17, 15) is 18.0 Å². The maximum Gasteiger partial charge on any atom is 0.344 e. The topological polar surface area (TPSA) is 103 Å². The Morgan fingerprint density at radius 1 is 0.939 bits per heavy atom. The van der Waals surface area contributed by atoms with Crippen molar-refractivity contribution in [3.8, 4) is 5.75 Å². The molecule has 1 heterocycles. The van der Waals surface area contributed by atoms with Crippen LogP contribution >= 0.6 is 0 Å². The second kappa shape index (κ2) is 8.80. The standard InChI is InChI=1S/C25H23NO6S/c1-15(2)23(26-33(29,30)18-11-8-16(3)9-12-18)25(28)31-17-10-13-20-19-6-4-5-7-21(19)24(27)32-22(20)14-17/h4-15,23,26H,1-3H3/t23-/m1/s1. The van der Waals surface area contributed by atoms with Gasteiger partial charge >= 0.3 is 11.6 Å². The Hall–Kier alpha value is -3.49. The minimum atomic E-state index is -3.93. The molecule has 33 heavy (non-hydrogen) atoms. The molecule has 7 nitrogen and oxygen atoms in total. The van der Waals surface area contributed by atoms with E-state index < -0.39 is 27.7 Å². The number of aryl methyl sites for hydroxylation is 1. The summed E-state index contributed by atoms with van der Waals surface area (Å²) in [5, 5.41) is 1.89. The van der Waals surface area contributed by atoms with Crippen LogP contribution in [-0.2, 0) is 14.8 Å². The van der Waals surface area contributed by atoms with Crippen LogP contribution in [0.25, 0.3) is 21.7 Å². The van der Waals surface area contributed by atoms with Crippen LogP contribution in [-0.4, -0.2) is 20.4 Å². The second-order valence-corrected chi connectivity index (χ2v) is 9.88. The molecule has 0 unspecified atom stereocenters. The molecule has 0 aliphatic carbocycles. The second-order valence-electron chi connectivity index (χ2n) is 8.17. The van der Waals surface area contributed by atoms with Gasteiger partial charge < -0.3 is 9.15 Å². The van der Waals surface area contributed by atoms with Crippen molar-refractivity contribution in [1.29, 1.82) is 0 Å². The van der Waals surface area contributed by atoms with Crippen LogP contribution in [0.5, 0.6) is 5.75 Å². The van der Waals surface area contributed by atoms with Crippen LogP contribution in [0, 0.1) is 12.8 Å². The minimum Gasteiger partial charge on any atom is -0.425 e. The van der Waals surface area contributed by atoms with Gasteiger partial charge in [-0.2, -0.15) is 4.72 Å². The van der Waals surface area contributed by atoms with E-state index in [1.807, 2.05) is 19.1 Å². The maximum atomic E-state index is 12.9. The molecule has 0 amide bonds. The fourth-order valence-electron chi connectivity index (χ4n) is 3.51. The summed E-state index contributed by atoms with van der Waals surface area (Å²) in [6, 6.07) is 17.0. The third kappa shape index (κ3) is 4.67. The average Bonchev–Trinajstić information content (AvgIpc) is 2.77. The van der Waals surface area contributed by atoms with Crippen molar-refractivity contribution in [2.24, 2.45) is 5.92 Å². The van der Waals surface area contributed by atoms with E-state index in [0.29, 0.717) is 10.8 Å². The van der Waals surface area contributed by atoms with Gasteiger partial charge in [-0.3, -0.25) is 0 Å². The summed E-state index contributed by atoms with van der Waals surface area (Å²) in [6.45, 7) is 5.29. The van der Waals surface area contributed by atoms with Gasteiger partial charge in [-0.05, 0) is 48.6 Å². The van der Waals surface area contributed by atoms with Crippen molar-refractivity contribution in [1.82, 2.24) is 4.72 Å². The zero-order valence-electron chi connectivity index (χ0n) is 18.4. The highest BCUT2D eigenvalue weighted by atomic mass is 32.2. The number of ether oxygens (including phenoxy) is 1. The summed E-state index contributed by atoms with van der Waals surface area (Å²) in [7, 11) is -3.93. The number of sulfonamides is 1. The Balaban J connectivity index is 1.61. The molecule has 0 spiro atoms. The van der Waals surface area contributed by atoms with Gasteiger partial charge in [0.05, 0.1) is 10.3 Å². The number of hydrogen-bond donors (Lipinski definition) is 1. The highest BCUT2D eigenvalue weighted by Gasteiger charge is 2.30. The molecule has 0 aliphatic heterocycles. The Labute approximate surface area is 191 Å². The van der Waals surface area contributed by atoms with E-state index >= 15 is 0 Å². The normalized spacial score (nSPS) is 12.8. The Kier molecular flexibility index (Phi) is 6.05. The van der Waals surface area contributed by atoms with Crippen LogP contribution in [0.4, 0.5) is 0 Å². The molecule has 4 aromatic rings. The van der Waals surface area contributed by atoms with E-state index in [4.69, 9.17) is 9.15 Å². The molecule has 0 saturated heterocycles. The first-order valence-corrected chi connectivity index (χ1v) is 11.9. The molecular weight excluding hydrogens is 442 g/mol. The lowest BCUT2D eigenvalue weighted by Gasteiger charge is -2.21. The van der Waals surface area contributed by atoms with Crippen molar-refractivity contribution < 1.29 is 22.4 Å².